The third-order valence-corrected chi connectivity index (χ3v) is 1.42. The van der Waals surface area contributed by atoms with Gasteiger partial charge in [-0.2, -0.15) is 13.2 Å². The van der Waals surface area contributed by atoms with Gasteiger partial charge in [-0.3, -0.25) is 4.79 Å². The molecular formula is C6H9F3O3. The van der Waals surface area contributed by atoms with Gasteiger partial charge in [-0.25, -0.2) is 0 Å². The summed E-state index contributed by atoms with van der Waals surface area (Å²) in [7, 11) is 0.831. The molecule has 0 fully saturated rings. The highest BCUT2D eigenvalue weighted by molar-refractivity contribution is 5.70. The minimum atomic E-state index is -4.63. The second-order valence-corrected chi connectivity index (χ2v) is 2.32. The second kappa shape index (κ2) is 3.75. The number of carboxylic acid groups (broad SMARTS) is 1. The van der Waals surface area contributed by atoms with Crippen molar-refractivity contribution in [2.24, 2.45) is 5.92 Å². The lowest BCUT2D eigenvalue weighted by molar-refractivity contribution is -0.229. The Bertz CT molecular complexity index is 166. The first-order valence-electron chi connectivity index (χ1n) is 3.13. The molecule has 0 saturated heterocycles. The third-order valence-electron chi connectivity index (χ3n) is 1.42. The van der Waals surface area contributed by atoms with Crippen molar-refractivity contribution in [1.29, 1.82) is 0 Å². The van der Waals surface area contributed by atoms with E-state index in [1.165, 1.54) is 0 Å². The molecule has 0 spiro atoms. The van der Waals surface area contributed by atoms with E-state index in [1.54, 1.807) is 0 Å². The minimum Gasteiger partial charge on any atom is -0.481 e. The maximum absolute atomic E-state index is 11.9. The van der Waals surface area contributed by atoms with Gasteiger partial charge in [0.1, 0.15) is 0 Å². The zero-order valence-electron chi connectivity index (χ0n) is 6.55. The number of carboxylic acids is 1. The first kappa shape index (κ1) is 11.2. The van der Waals surface area contributed by atoms with Gasteiger partial charge in [0.05, 0.1) is 5.92 Å². The summed E-state index contributed by atoms with van der Waals surface area (Å²) in [6, 6.07) is 0. The SMILES string of the molecule is CO[C@H]([C@H](C)C(=O)O)C(F)(F)F. The molecule has 0 aliphatic rings. The smallest absolute Gasteiger partial charge is 0.415 e. The monoisotopic (exact) mass is 186 g/mol. The van der Waals surface area contributed by atoms with E-state index in [2.05, 4.69) is 4.74 Å². The highest BCUT2D eigenvalue weighted by Gasteiger charge is 2.46. The van der Waals surface area contributed by atoms with Crippen LogP contribution in [0.1, 0.15) is 6.92 Å². The third kappa shape index (κ3) is 2.69. The number of hydrogen-bond donors (Lipinski definition) is 1. The molecule has 1 N–H and O–H groups in total. The van der Waals surface area contributed by atoms with Crippen molar-refractivity contribution in [3.05, 3.63) is 0 Å². The van der Waals surface area contributed by atoms with Gasteiger partial charge in [0, 0.05) is 7.11 Å². The average molecular weight is 186 g/mol. The molecule has 0 heterocycles. The fourth-order valence-corrected chi connectivity index (χ4v) is 0.751. The molecule has 0 aromatic carbocycles. The topological polar surface area (TPSA) is 46.5 Å². The minimum absolute atomic E-state index is 0.831. The van der Waals surface area contributed by atoms with Crippen LogP contribution in [-0.4, -0.2) is 30.5 Å². The summed E-state index contributed by atoms with van der Waals surface area (Å²) >= 11 is 0. The Morgan fingerprint density at radius 3 is 2.00 bits per heavy atom. The Labute approximate surface area is 67.1 Å². The first-order valence-corrected chi connectivity index (χ1v) is 3.13. The summed E-state index contributed by atoms with van der Waals surface area (Å²) in [5.41, 5.74) is 0. The van der Waals surface area contributed by atoms with Gasteiger partial charge in [-0.1, -0.05) is 0 Å². The Morgan fingerprint density at radius 2 is 1.92 bits per heavy atom. The van der Waals surface area contributed by atoms with Crippen LogP contribution in [0.15, 0.2) is 0 Å². The largest absolute Gasteiger partial charge is 0.481 e. The number of alkyl halides is 3. The van der Waals surface area contributed by atoms with Crippen LogP contribution < -0.4 is 0 Å². The predicted molar refractivity (Wildman–Crippen MR) is 33.7 cm³/mol. The molecule has 6 heteroatoms. The number of ether oxygens (including phenoxy) is 1. The van der Waals surface area contributed by atoms with Crippen LogP contribution in [0.2, 0.25) is 0 Å². The van der Waals surface area contributed by atoms with Crippen molar-refractivity contribution in [2.45, 2.75) is 19.2 Å². The van der Waals surface area contributed by atoms with Gasteiger partial charge in [-0.05, 0) is 6.92 Å². The Kier molecular flexibility index (Phi) is 3.51. The highest BCUT2D eigenvalue weighted by Crippen LogP contribution is 2.27. The molecule has 0 saturated carbocycles. The second-order valence-electron chi connectivity index (χ2n) is 2.32. The first-order chi connectivity index (χ1) is 5.30. The molecule has 0 aromatic heterocycles. The molecule has 0 aliphatic carbocycles. The lowest BCUT2D eigenvalue weighted by Gasteiger charge is -2.21. The Morgan fingerprint density at radius 1 is 1.50 bits per heavy atom. The van der Waals surface area contributed by atoms with E-state index in [-0.39, 0.29) is 0 Å². The standard InChI is InChI=1S/C6H9F3O3/c1-3(5(10)11)4(12-2)6(7,8)9/h3-4H,1-2H3,(H,10,11)/t3-,4+/m0/s1. The number of methoxy groups -OCH3 is 1. The summed E-state index contributed by atoms with van der Waals surface area (Å²) in [4.78, 5) is 10.2. The van der Waals surface area contributed by atoms with Crippen LogP contribution in [0.5, 0.6) is 0 Å². The molecule has 0 aromatic rings. The van der Waals surface area contributed by atoms with Crippen LogP contribution in [0.25, 0.3) is 0 Å². The van der Waals surface area contributed by atoms with Crippen molar-refractivity contribution < 1.29 is 27.8 Å². The molecule has 0 amide bonds. The van der Waals surface area contributed by atoms with Gasteiger partial charge in [0.25, 0.3) is 0 Å². The summed E-state index contributed by atoms with van der Waals surface area (Å²) in [6.07, 6.45) is -6.87. The summed E-state index contributed by atoms with van der Waals surface area (Å²) in [6.45, 7) is 0.948. The van der Waals surface area contributed by atoms with E-state index in [0.29, 0.717) is 0 Å². The van der Waals surface area contributed by atoms with E-state index in [4.69, 9.17) is 5.11 Å². The normalized spacial score (nSPS) is 17.1. The maximum Gasteiger partial charge on any atom is 0.415 e. The van der Waals surface area contributed by atoms with E-state index in [1.807, 2.05) is 0 Å². The van der Waals surface area contributed by atoms with Crippen LogP contribution in [0, 0.1) is 5.92 Å². The van der Waals surface area contributed by atoms with Crippen LogP contribution in [0.4, 0.5) is 13.2 Å². The molecule has 72 valence electrons. The lowest BCUT2D eigenvalue weighted by Crippen LogP contribution is -2.40. The molecule has 0 aliphatic heterocycles. The molecule has 2 atom stereocenters. The van der Waals surface area contributed by atoms with E-state index in [0.717, 1.165) is 14.0 Å². The van der Waals surface area contributed by atoms with E-state index < -0.39 is 24.2 Å². The maximum atomic E-state index is 11.9. The molecule has 0 rings (SSSR count). The summed E-state index contributed by atoms with van der Waals surface area (Å²) in [5, 5.41) is 8.27. The van der Waals surface area contributed by atoms with Crippen LogP contribution in [-0.2, 0) is 9.53 Å². The van der Waals surface area contributed by atoms with E-state index >= 15 is 0 Å². The number of aliphatic carboxylic acids is 1. The summed E-state index contributed by atoms with van der Waals surface area (Å²) < 4.78 is 39.9. The number of halogens is 3. The lowest BCUT2D eigenvalue weighted by atomic mass is 10.1. The van der Waals surface area contributed by atoms with Crippen molar-refractivity contribution in [2.75, 3.05) is 7.11 Å². The van der Waals surface area contributed by atoms with Gasteiger partial charge < -0.3 is 9.84 Å². The van der Waals surface area contributed by atoms with Crippen molar-refractivity contribution in [1.82, 2.24) is 0 Å². The molecule has 0 bridgehead atoms. The molecule has 12 heavy (non-hydrogen) atoms. The number of hydrogen-bond acceptors (Lipinski definition) is 2. The van der Waals surface area contributed by atoms with Gasteiger partial charge >= 0.3 is 12.1 Å². The quantitative estimate of drug-likeness (QED) is 0.722. The average Bonchev–Trinajstić information content (AvgIpc) is 1.85. The highest BCUT2D eigenvalue weighted by atomic mass is 19.4. The van der Waals surface area contributed by atoms with Crippen molar-refractivity contribution in [3.63, 3.8) is 0 Å². The zero-order chi connectivity index (χ0) is 9.94. The molecule has 3 nitrogen and oxygen atoms in total. The van der Waals surface area contributed by atoms with Crippen LogP contribution >= 0.6 is 0 Å². The fraction of sp³-hybridized carbons (Fsp3) is 0.833. The van der Waals surface area contributed by atoms with Gasteiger partial charge in [-0.15, -0.1) is 0 Å². The van der Waals surface area contributed by atoms with Crippen molar-refractivity contribution in [3.8, 4) is 0 Å². The van der Waals surface area contributed by atoms with Gasteiger partial charge in [0.2, 0.25) is 0 Å². The van der Waals surface area contributed by atoms with Crippen LogP contribution in [0.3, 0.4) is 0 Å². The number of rotatable bonds is 3. The molecular weight excluding hydrogens is 177 g/mol. The summed E-state index contributed by atoms with van der Waals surface area (Å²) in [5.74, 6) is -3.12. The molecule has 0 radical (unpaired) electrons. The van der Waals surface area contributed by atoms with Crippen molar-refractivity contribution >= 4 is 5.97 Å². The predicted octanol–water partition coefficient (Wildman–Crippen LogP) is 1.28. The zero-order valence-corrected chi connectivity index (χ0v) is 6.55. The molecule has 0 unspecified atom stereocenters. The number of carbonyl (C=O) groups is 1. The van der Waals surface area contributed by atoms with Gasteiger partial charge in [0.15, 0.2) is 6.10 Å². The Balaban J connectivity index is 4.45. The van der Waals surface area contributed by atoms with E-state index in [9.17, 15) is 18.0 Å². The Hall–Kier alpha value is -0.780. The fourth-order valence-electron chi connectivity index (χ4n) is 0.751.